The van der Waals surface area contributed by atoms with E-state index in [1.165, 1.54) is 6.92 Å². The first-order chi connectivity index (χ1) is 19.0. The second kappa shape index (κ2) is 11.1. The van der Waals surface area contributed by atoms with Gasteiger partial charge in [0.05, 0.1) is 0 Å². The summed E-state index contributed by atoms with van der Waals surface area (Å²) in [5.41, 5.74) is 2.66. The maximum atomic E-state index is 14.9. The van der Waals surface area contributed by atoms with Crippen molar-refractivity contribution in [2.75, 3.05) is 44.4 Å². The first kappa shape index (κ1) is 26.0. The van der Waals surface area contributed by atoms with Crippen molar-refractivity contribution >= 4 is 22.0 Å². The number of carbonyl (C=O) groups excluding carboxylic acids is 1. The van der Waals surface area contributed by atoms with Gasteiger partial charge in [-0.1, -0.05) is 0 Å². The van der Waals surface area contributed by atoms with E-state index >= 15 is 0 Å². The molecule has 39 heavy (non-hydrogen) atoms. The quantitative estimate of drug-likeness (QED) is 0.359. The molecule has 5 heterocycles. The van der Waals surface area contributed by atoms with Crippen molar-refractivity contribution in [1.29, 1.82) is 0 Å². The van der Waals surface area contributed by atoms with Gasteiger partial charge in [0.15, 0.2) is 0 Å². The van der Waals surface area contributed by atoms with Crippen LogP contribution in [0.25, 0.3) is 21.5 Å². The van der Waals surface area contributed by atoms with Gasteiger partial charge in [0.1, 0.15) is 0 Å². The third kappa shape index (κ3) is 5.73. The molecule has 0 radical (unpaired) electrons. The Morgan fingerprint density at radius 3 is 2.82 bits per heavy atom. The Kier molecular flexibility index (Phi) is 7.41. The van der Waals surface area contributed by atoms with Gasteiger partial charge < -0.3 is 0 Å². The monoisotopic (exact) mass is 640 g/mol. The number of alkyl halides is 1. The Hall–Kier alpha value is -3.22. The number of amides is 1. The average molecular weight is 640 g/mol. The molecule has 0 unspecified atom stereocenters. The molecule has 0 saturated carbocycles. The second-order valence-electron chi connectivity index (χ2n) is 9.82. The van der Waals surface area contributed by atoms with Crippen molar-refractivity contribution in [3.05, 3.63) is 79.5 Å². The van der Waals surface area contributed by atoms with Crippen LogP contribution >= 0.6 is 0 Å². The molecule has 3 aromatic rings. The third-order valence-electron chi connectivity index (χ3n) is 6.88. The molecule has 0 spiro atoms. The molecule has 1 saturated heterocycles. The van der Waals surface area contributed by atoms with Gasteiger partial charge in [0.25, 0.3) is 0 Å². The number of aromatic nitrogens is 3. The molecule has 1 aromatic carbocycles. The van der Waals surface area contributed by atoms with Crippen LogP contribution in [-0.2, 0) is 21.7 Å². The third-order valence-corrected chi connectivity index (χ3v) is 9.07. The summed E-state index contributed by atoms with van der Waals surface area (Å²) in [5.74, 6) is 0.444. The zero-order chi connectivity index (χ0) is 26.8. The zero-order valence-electron chi connectivity index (χ0n) is 21.5. The van der Waals surface area contributed by atoms with E-state index in [-0.39, 0.29) is 33.7 Å². The predicted octanol–water partition coefficient (Wildman–Crippen LogP) is -0.975. The molecule has 8 nitrogen and oxygen atoms in total. The number of rotatable bonds is 5. The van der Waals surface area contributed by atoms with E-state index in [4.69, 9.17) is 19.4 Å². The Morgan fingerprint density at radius 2 is 1.95 bits per heavy atom. The average Bonchev–Trinajstić information content (AvgIpc) is 3.17. The van der Waals surface area contributed by atoms with E-state index in [1.807, 2.05) is 18.2 Å². The van der Waals surface area contributed by atoms with E-state index in [0.717, 1.165) is 46.2 Å². The molecule has 2 aromatic heterocycles. The summed E-state index contributed by atoms with van der Waals surface area (Å²) in [6.45, 7) is 5.06. The zero-order valence-corrected chi connectivity index (χ0v) is 23.7. The molecule has 1 atom stereocenters. The van der Waals surface area contributed by atoms with Crippen LogP contribution in [0.4, 0.5) is 10.3 Å². The fourth-order valence-corrected chi connectivity index (χ4v) is 6.72. The Morgan fingerprint density at radius 1 is 1.10 bits per heavy atom. The van der Waals surface area contributed by atoms with Crippen LogP contribution in [0, 0.1) is 0 Å². The summed E-state index contributed by atoms with van der Waals surface area (Å²) in [7, 11) is 0. The SMILES string of the molecule is C[C@@]1(F)COCc2ccc(C(=O)NCC3=C[I-]C=c4ccc(-c5ccnc(N6CCOCC6)n5)nc4=C3)cc21. The van der Waals surface area contributed by atoms with Crippen molar-refractivity contribution in [3.63, 3.8) is 0 Å². The number of fused-ring (bicyclic) bond motifs is 2. The van der Waals surface area contributed by atoms with Crippen molar-refractivity contribution in [1.82, 2.24) is 20.3 Å². The van der Waals surface area contributed by atoms with Crippen LogP contribution in [0.1, 0.15) is 28.4 Å². The molecular weight excluding hydrogens is 612 g/mol. The molecule has 1 N–H and O–H groups in total. The Labute approximate surface area is 235 Å². The van der Waals surface area contributed by atoms with E-state index < -0.39 is 5.67 Å². The topological polar surface area (TPSA) is 89.5 Å². The summed E-state index contributed by atoms with van der Waals surface area (Å²) < 4.78 is 30.1. The van der Waals surface area contributed by atoms with Crippen molar-refractivity contribution < 1.29 is 39.9 Å². The van der Waals surface area contributed by atoms with Gasteiger partial charge in [-0.2, -0.15) is 0 Å². The number of hydrogen-bond donors (Lipinski definition) is 1. The molecule has 10 heteroatoms. The number of benzene rings is 1. The van der Waals surface area contributed by atoms with Crippen LogP contribution in [0.3, 0.4) is 0 Å². The maximum absolute atomic E-state index is 14.9. The first-order valence-corrected chi connectivity index (χ1v) is 15.3. The molecule has 3 aliphatic heterocycles. The fourth-order valence-electron chi connectivity index (χ4n) is 4.76. The van der Waals surface area contributed by atoms with Crippen LogP contribution in [0.2, 0.25) is 0 Å². The molecule has 1 amide bonds. The molecule has 3 aliphatic rings. The predicted molar refractivity (Wildman–Crippen MR) is 141 cm³/mol. The molecule has 202 valence electrons. The minimum atomic E-state index is -1.61. The van der Waals surface area contributed by atoms with Gasteiger partial charge in [-0.3, -0.25) is 0 Å². The number of carbonyl (C=O) groups is 1. The van der Waals surface area contributed by atoms with Gasteiger partial charge >= 0.3 is 237 Å². The van der Waals surface area contributed by atoms with Crippen molar-refractivity contribution in [2.24, 2.45) is 0 Å². The van der Waals surface area contributed by atoms with Gasteiger partial charge in [0.2, 0.25) is 0 Å². The van der Waals surface area contributed by atoms with E-state index in [1.54, 1.807) is 24.4 Å². The molecule has 6 rings (SSSR count). The number of ether oxygens (including phenoxy) is 2. The van der Waals surface area contributed by atoms with Gasteiger partial charge in [0, 0.05) is 0 Å². The number of nitrogens with one attached hydrogen (secondary N) is 1. The van der Waals surface area contributed by atoms with Crippen LogP contribution in [0.5, 0.6) is 0 Å². The molecule has 1 fully saturated rings. The number of halogens is 2. The van der Waals surface area contributed by atoms with E-state index in [9.17, 15) is 9.18 Å². The number of anilines is 1. The van der Waals surface area contributed by atoms with Crippen molar-refractivity contribution in [3.8, 4) is 11.4 Å². The van der Waals surface area contributed by atoms with E-state index in [2.05, 4.69) is 29.4 Å². The number of pyridine rings is 1. The van der Waals surface area contributed by atoms with Gasteiger partial charge in [-0.15, -0.1) is 0 Å². The van der Waals surface area contributed by atoms with Gasteiger partial charge in [-0.05, 0) is 0 Å². The van der Waals surface area contributed by atoms with Gasteiger partial charge in [-0.25, -0.2) is 0 Å². The Bertz CT molecular complexity index is 1570. The van der Waals surface area contributed by atoms with Crippen LogP contribution in [-0.4, -0.2) is 60.3 Å². The first-order valence-electron chi connectivity index (χ1n) is 12.8. The molecule has 0 bridgehead atoms. The van der Waals surface area contributed by atoms with E-state index in [0.29, 0.717) is 43.4 Å². The molecule has 0 aliphatic carbocycles. The number of hydrogen-bond acceptors (Lipinski definition) is 7. The van der Waals surface area contributed by atoms with Crippen LogP contribution < -0.4 is 42.0 Å². The van der Waals surface area contributed by atoms with Crippen LogP contribution in [0.15, 0.2) is 52.3 Å². The number of morpholine rings is 1. The second-order valence-corrected chi connectivity index (χ2v) is 11.8. The molecular formula is C29H28FIN5O3-. The fraction of sp³-hybridized carbons (Fsp3) is 0.310. The van der Waals surface area contributed by atoms with Crippen molar-refractivity contribution in [2.45, 2.75) is 19.2 Å². The standard InChI is InChI=1S/C29H28FIN5O3/c1-29(30)18-39-17-22-3-2-20(13-23(22)29)27(37)33-16-19-12-26-21(15-31-14-19)4-5-24(34-26)25-6-7-32-28(35-25)36-8-10-38-11-9-36/h2-7,12-15H,8-11,16-18H2,1H3,(H,33,37)/q-1/t29-/m1/s1. The summed E-state index contributed by atoms with van der Waals surface area (Å²) in [5, 5.41) is 4.92. The summed E-state index contributed by atoms with van der Waals surface area (Å²) >= 11 is -0.347. The summed E-state index contributed by atoms with van der Waals surface area (Å²) in [4.78, 5) is 29.2. The minimum absolute atomic E-state index is 0.00891. The summed E-state index contributed by atoms with van der Waals surface area (Å²) in [6.07, 6.45) is 3.79. The number of nitrogens with zero attached hydrogens (tertiary/aromatic N) is 4. The normalized spacial score (nSPS) is 20.7. The summed E-state index contributed by atoms with van der Waals surface area (Å²) in [6, 6.07) is 11.1. The Balaban J connectivity index is 1.20.